The van der Waals surface area contributed by atoms with E-state index in [-0.39, 0.29) is 16.7 Å². The van der Waals surface area contributed by atoms with E-state index < -0.39 is 5.51 Å². The Morgan fingerprint density at radius 2 is 1.94 bits per heavy atom. The summed E-state index contributed by atoms with van der Waals surface area (Å²) >= 11 is -0.0847. The summed E-state index contributed by atoms with van der Waals surface area (Å²) in [5.74, 6) is 0.388. The molecule has 0 radical (unpaired) electrons. The zero-order valence-corrected chi connectivity index (χ0v) is 9.90. The molecule has 0 atom stereocenters. The molecule has 16 heavy (non-hydrogen) atoms. The van der Waals surface area contributed by atoms with Crippen molar-refractivity contribution in [1.29, 1.82) is 0 Å². The van der Waals surface area contributed by atoms with Crippen LogP contribution in [0.25, 0.3) is 6.08 Å². The van der Waals surface area contributed by atoms with Crippen molar-refractivity contribution < 1.29 is 13.2 Å². The molecule has 1 rings (SSSR count). The minimum absolute atomic E-state index is 0.0847. The van der Waals surface area contributed by atoms with Gasteiger partial charge < -0.3 is 0 Å². The Kier molecular flexibility index (Phi) is 4.47. The maximum Gasteiger partial charge on any atom is 0.446 e. The first-order valence-corrected chi connectivity index (χ1v) is 5.72. The maximum atomic E-state index is 12.1. The van der Waals surface area contributed by atoms with Gasteiger partial charge in [-0.2, -0.15) is 13.2 Å². The Bertz CT molecular complexity index is 367. The highest BCUT2D eigenvalue weighted by Gasteiger charge is 2.29. The first-order valence-electron chi connectivity index (χ1n) is 4.91. The smallest absolute Gasteiger partial charge is 0.160 e. The van der Waals surface area contributed by atoms with Gasteiger partial charge in [-0.05, 0) is 35.4 Å². The van der Waals surface area contributed by atoms with Crippen molar-refractivity contribution >= 4 is 17.8 Å². The van der Waals surface area contributed by atoms with E-state index in [0.29, 0.717) is 5.92 Å². The van der Waals surface area contributed by atoms with Crippen molar-refractivity contribution in [1.82, 2.24) is 0 Å². The van der Waals surface area contributed by atoms with Crippen LogP contribution < -0.4 is 0 Å². The molecule has 1 aromatic rings. The average molecular weight is 246 g/mol. The van der Waals surface area contributed by atoms with Crippen molar-refractivity contribution in [2.75, 3.05) is 0 Å². The van der Waals surface area contributed by atoms with E-state index in [0.717, 1.165) is 5.56 Å². The van der Waals surface area contributed by atoms with E-state index in [1.807, 2.05) is 26.0 Å². The summed E-state index contributed by atoms with van der Waals surface area (Å²) < 4.78 is 36.4. The van der Waals surface area contributed by atoms with Gasteiger partial charge >= 0.3 is 5.51 Å². The monoisotopic (exact) mass is 246 g/mol. The molecule has 0 saturated carbocycles. The van der Waals surface area contributed by atoms with Gasteiger partial charge in [0.25, 0.3) is 0 Å². The highest BCUT2D eigenvalue weighted by atomic mass is 32.2. The molecule has 0 aliphatic carbocycles. The molecule has 0 nitrogen and oxygen atoms in total. The Morgan fingerprint density at radius 3 is 2.50 bits per heavy atom. The third kappa shape index (κ3) is 5.26. The molecule has 0 aliphatic rings. The topological polar surface area (TPSA) is 0 Å². The normalized spacial score (nSPS) is 12.6. The standard InChI is InChI=1S/C12H13F3S/c1-9(2)6-7-10-4-3-5-11(8-10)16-12(13,14)15/h3-9H,1-2H3/b7-6+. The van der Waals surface area contributed by atoms with Crippen molar-refractivity contribution in [3.63, 3.8) is 0 Å². The Hall–Kier alpha value is -0.900. The minimum Gasteiger partial charge on any atom is -0.160 e. The largest absolute Gasteiger partial charge is 0.446 e. The Labute approximate surface area is 97.6 Å². The number of halogens is 3. The van der Waals surface area contributed by atoms with Crippen LogP contribution >= 0.6 is 11.8 Å². The van der Waals surface area contributed by atoms with Crippen LogP contribution in [0.5, 0.6) is 0 Å². The van der Waals surface area contributed by atoms with Crippen LogP contribution in [0.1, 0.15) is 19.4 Å². The third-order valence-electron chi connectivity index (χ3n) is 1.77. The summed E-state index contributed by atoms with van der Waals surface area (Å²) in [4.78, 5) is 0.221. The molecule has 0 fully saturated rings. The lowest BCUT2D eigenvalue weighted by Gasteiger charge is -2.05. The molecule has 0 aromatic heterocycles. The van der Waals surface area contributed by atoms with Crippen LogP contribution in [0.15, 0.2) is 35.2 Å². The Balaban J connectivity index is 2.79. The van der Waals surface area contributed by atoms with Crippen LogP contribution in [-0.4, -0.2) is 5.51 Å². The van der Waals surface area contributed by atoms with Crippen molar-refractivity contribution in [3.05, 3.63) is 35.9 Å². The summed E-state index contributed by atoms with van der Waals surface area (Å²) in [7, 11) is 0. The molecule has 0 aliphatic heterocycles. The van der Waals surface area contributed by atoms with E-state index in [9.17, 15) is 13.2 Å². The van der Waals surface area contributed by atoms with Crippen molar-refractivity contribution in [3.8, 4) is 0 Å². The molecule has 0 spiro atoms. The molecule has 0 unspecified atom stereocenters. The number of thioether (sulfide) groups is 1. The first kappa shape index (κ1) is 13.2. The lowest BCUT2D eigenvalue weighted by atomic mass is 10.1. The van der Waals surface area contributed by atoms with Gasteiger partial charge in [-0.25, -0.2) is 0 Å². The maximum absolute atomic E-state index is 12.1. The quantitative estimate of drug-likeness (QED) is 0.679. The first-order chi connectivity index (χ1) is 7.37. The van der Waals surface area contributed by atoms with Gasteiger partial charge in [0, 0.05) is 4.90 Å². The van der Waals surface area contributed by atoms with Crippen LogP contribution in [0, 0.1) is 5.92 Å². The fraction of sp³-hybridized carbons (Fsp3) is 0.333. The molecule has 0 amide bonds. The fourth-order valence-corrected chi connectivity index (χ4v) is 1.73. The van der Waals surface area contributed by atoms with Crippen LogP contribution in [-0.2, 0) is 0 Å². The molecule has 0 bridgehead atoms. The molecular weight excluding hydrogens is 233 g/mol. The van der Waals surface area contributed by atoms with Gasteiger partial charge in [-0.1, -0.05) is 38.1 Å². The zero-order valence-electron chi connectivity index (χ0n) is 9.08. The number of rotatable bonds is 3. The molecule has 0 heterocycles. The van der Waals surface area contributed by atoms with Gasteiger partial charge in [0.05, 0.1) is 0 Å². The number of benzene rings is 1. The van der Waals surface area contributed by atoms with Crippen LogP contribution in [0.4, 0.5) is 13.2 Å². The van der Waals surface area contributed by atoms with Gasteiger partial charge in [0.1, 0.15) is 0 Å². The lowest BCUT2D eigenvalue weighted by molar-refractivity contribution is -0.0328. The third-order valence-corrected chi connectivity index (χ3v) is 2.49. The SMILES string of the molecule is CC(C)/C=C/c1cccc(SC(F)(F)F)c1. The Morgan fingerprint density at radius 1 is 1.25 bits per heavy atom. The van der Waals surface area contributed by atoms with Gasteiger partial charge in [0.2, 0.25) is 0 Å². The van der Waals surface area contributed by atoms with Crippen molar-refractivity contribution in [2.24, 2.45) is 5.92 Å². The second-order valence-electron chi connectivity index (χ2n) is 3.72. The van der Waals surface area contributed by atoms with Gasteiger partial charge in [0.15, 0.2) is 0 Å². The van der Waals surface area contributed by atoms with E-state index >= 15 is 0 Å². The van der Waals surface area contributed by atoms with Gasteiger partial charge in [-0.15, -0.1) is 0 Å². The number of hydrogen-bond donors (Lipinski definition) is 0. The van der Waals surface area contributed by atoms with Crippen LogP contribution in [0.2, 0.25) is 0 Å². The van der Waals surface area contributed by atoms with E-state index in [1.54, 1.807) is 12.1 Å². The number of hydrogen-bond acceptors (Lipinski definition) is 1. The second-order valence-corrected chi connectivity index (χ2v) is 4.86. The molecule has 88 valence electrons. The van der Waals surface area contributed by atoms with E-state index in [4.69, 9.17) is 0 Å². The predicted octanol–water partition coefficient (Wildman–Crippen LogP) is 4.97. The molecule has 0 N–H and O–H groups in total. The lowest BCUT2D eigenvalue weighted by Crippen LogP contribution is -1.98. The molecule has 4 heteroatoms. The number of allylic oxidation sites excluding steroid dienone is 1. The second kappa shape index (κ2) is 5.43. The van der Waals surface area contributed by atoms with Crippen molar-refractivity contribution in [2.45, 2.75) is 24.3 Å². The predicted molar refractivity (Wildman–Crippen MR) is 62.2 cm³/mol. The van der Waals surface area contributed by atoms with E-state index in [2.05, 4.69) is 0 Å². The molecule has 1 aromatic carbocycles. The summed E-state index contributed by atoms with van der Waals surface area (Å²) in [5.41, 5.74) is -3.43. The molecule has 0 saturated heterocycles. The highest BCUT2D eigenvalue weighted by Crippen LogP contribution is 2.37. The summed E-state index contributed by atoms with van der Waals surface area (Å²) in [6, 6.07) is 6.43. The number of alkyl halides is 3. The highest BCUT2D eigenvalue weighted by molar-refractivity contribution is 8.00. The van der Waals surface area contributed by atoms with Gasteiger partial charge in [-0.3, -0.25) is 0 Å². The summed E-state index contributed by atoms with van der Waals surface area (Å²) in [6.45, 7) is 4.04. The molecular formula is C12H13F3S. The minimum atomic E-state index is -4.22. The fourth-order valence-electron chi connectivity index (χ4n) is 1.12. The van der Waals surface area contributed by atoms with Crippen LogP contribution in [0.3, 0.4) is 0 Å². The zero-order chi connectivity index (χ0) is 12.2. The summed E-state index contributed by atoms with van der Waals surface area (Å²) in [6.07, 6.45) is 3.79. The summed E-state index contributed by atoms with van der Waals surface area (Å²) in [5, 5.41) is 0. The average Bonchev–Trinajstić information content (AvgIpc) is 2.12. The van der Waals surface area contributed by atoms with E-state index in [1.165, 1.54) is 12.1 Å².